The summed E-state index contributed by atoms with van der Waals surface area (Å²) in [4.78, 5) is 0. The molecule has 90 valence electrons. The molecule has 0 bridgehead atoms. The van der Waals surface area contributed by atoms with E-state index in [0.717, 1.165) is 13.0 Å². The number of sulfone groups is 1. The van der Waals surface area contributed by atoms with Gasteiger partial charge in [-0.15, -0.1) is 12.4 Å². The molecule has 0 saturated carbocycles. The van der Waals surface area contributed by atoms with Crippen LogP contribution in [0.25, 0.3) is 0 Å². The Labute approximate surface area is 96.1 Å². The SMILES string of the molecule is Cl.O=S1(=O)CCC2(CC1)NCCCC2F. The first-order valence-corrected chi connectivity index (χ1v) is 6.96. The lowest BCUT2D eigenvalue weighted by molar-refractivity contribution is 0.0967. The number of piperidine rings is 1. The first-order valence-electron chi connectivity index (χ1n) is 5.14. The Bertz CT molecular complexity index is 306. The van der Waals surface area contributed by atoms with Crippen LogP contribution in [0.1, 0.15) is 25.7 Å². The van der Waals surface area contributed by atoms with E-state index in [9.17, 15) is 12.8 Å². The highest BCUT2D eigenvalue weighted by molar-refractivity contribution is 7.91. The van der Waals surface area contributed by atoms with Crippen molar-refractivity contribution >= 4 is 22.2 Å². The fourth-order valence-corrected chi connectivity index (χ4v) is 3.95. The lowest BCUT2D eigenvalue weighted by atomic mass is 9.82. The Balaban J connectivity index is 0.00000112. The monoisotopic (exact) mass is 257 g/mol. The van der Waals surface area contributed by atoms with Crippen LogP contribution in [0, 0.1) is 0 Å². The predicted molar refractivity (Wildman–Crippen MR) is 60.0 cm³/mol. The average molecular weight is 258 g/mol. The zero-order chi connectivity index (χ0) is 10.2. The highest BCUT2D eigenvalue weighted by Gasteiger charge is 2.44. The molecular weight excluding hydrogens is 241 g/mol. The van der Waals surface area contributed by atoms with Crippen molar-refractivity contribution in [1.29, 1.82) is 0 Å². The summed E-state index contributed by atoms with van der Waals surface area (Å²) in [5, 5.41) is 3.18. The maximum atomic E-state index is 13.7. The van der Waals surface area contributed by atoms with Gasteiger partial charge in [0.05, 0.1) is 17.0 Å². The van der Waals surface area contributed by atoms with E-state index in [-0.39, 0.29) is 23.9 Å². The molecule has 0 aromatic heterocycles. The molecule has 1 spiro atoms. The largest absolute Gasteiger partial charge is 0.309 e. The van der Waals surface area contributed by atoms with Crippen molar-refractivity contribution in [3.05, 3.63) is 0 Å². The van der Waals surface area contributed by atoms with E-state index >= 15 is 0 Å². The van der Waals surface area contributed by atoms with Crippen molar-refractivity contribution in [2.75, 3.05) is 18.1 Å². The second-order valence-corrected chi connectivity index (χ2v) is 6.65. The molecular formula is C9H17ClFNO2S. The van der Waals surface area contributed by atoms with Crippen molar-refractivity contribution in [3.63, 3.8) is 0 Å². The minimum Gasteiger partial charge on any atom is -0.309 e. The third-order valence-electron chi connectivity index (χ3n) is 3.43. The van der Waals surface area contributed by atoms with Crippen molar-refractivity contribution in [2.45, 2.75) is 37.4 Å². The molecule has 1 atom stereocenters. The molecule has 0 aliphatic carbocycles. The summed E-state index contributed by atoms with van der Waals surface area (Å²) in [6.45, 7) is 0.820. The topological polar surface area (TPSA) is 46.2 Å². The molecule has 0 radical (unpaired) electrons. The second kappa shape index (κ2) is 4.55. The zero-order valence-corrected chi connectivity index (χ0v) is 10.2. The molecule has 2 rings (SSSR count). The van der Waals surface area contributed by atoms with E-state index in [1.54, 1.807) is 0 Å². The summed E-state index contributed by atoms with van der Waals surface area (Å²) in [6.07, 6.45) is 1.45. The summed E-state index contributed by atoms with van der Waals surface area (Å²) in [5.74, 6) is 0.279. The van der Waals surface area contributed by atoms with Crippen LogP contribution >= 0.6 is 12.4 Å². The van der Waals surface area contributed by atoms with Crippen LogP contribution in [-0.4, -0.2) is 38.2 Å². The highest BCUT2D eigenvalue weighted by Crippen LogP contribution is 2.33. The van der Waals surface area contributed by atoms with Crippen molar-refractivity contribution in [3.8, 4) is 0 Å². The maximum Gasteiger partial charge on any atom is 0.150 e. The van der Waals surface area contributed by atoms with Crippen LogP contribution in [-0.2, 0) is 9.84 Å². The van der Waals surface area contributed by atoms with Crippen LogP contribution in [0.5, 0.6) is 0 Å². The molecule has 0 aromatic rings. The minimum atomic E-state index is -2.89. The van der Waals surface area contributed by atoms with Crippen LogP contribution in [0.4, 0.5) is 4.39 Å². The fraction of sp³-hybridized carbons (Fsp3) is 1.00. The van der Waals surface area contributed by atoms with Crippen LogP contribution < -0.4 is 5.32 Å². The summed E-state index contributed by atoms with van der Waals surface area (Å²) in [5.41, 5.74) is -0.524. The number of nitrogens with one attached hydrogen (secondary N) is 1. The van der Waals surface area contributed by atoms with Gasteiger partial charge in [-0.25, -0.2) is 12.8 Å². The minimum absolute atomic E-state index is 0. The predicted octanol–water partition coefficient (Wildman–Crippen LogP) is 1.08. The molecule has 3 nitrogen and oxygen atoms in total. The molecule has 2 aliphatic rings. The number of hydrogen-bond donors (Lipinski definition) is 1. The highest BCUT2D eigenvalue weighted by atomic mass is 35.5. The molecule has 1 N–H and O–H groups in total. The van der Waals surface area contributed by atoms with E-state index in [2.05, 4.69) is 5.32 Å². The number of rotatable bonds is 0. The lowest BCUT2D eigenvalue weighted by Gasteiger charge is -2.43. The van der Waals surface area contributed by atoms with Gasteiger partial charge in [-0.2, -0.15) is 0 Å². The van der Waals surface area contributed by atoms with Gasteiger partial charge < -0.3 is 5.32 Å². The fourth-order valence-electron chi connectivity index (χ4n) is 2.40. The van der Waals surface area contributed by atoms with Gasteiger partial charge in [-0.1, -0.05) is 0 Å². The maximum absolute atomic E-state index is 13.7. The smallest absolute Gasteiger partial charge is 0.150 e. The summed E-state index contributed by atoms with van der Waals surface area (Å²) in [7, 11) is -2.89. The molecule has 2 heterocycles. The molecule has 6 heteroatoms. The van der Waals surface area contributed by atoms with Gasteiger partial charge in [0.1, 0.15) is 16.0 Å². The number of hydrogen-bond acceptors (Lipinski definition) is 3. The quantitative estimate of drug-likeness (QED) is 0.706. The molecule has 2 saturated heterocycles. The number of alkyl halides is 1. The Hall–Kier alpha value is 0.130. The van der Waals surface area contributed by atoms with Gasteiger partial charge in [0.2, 0.25) is 0 Å². The van der Waals surface area contributed by atoms with E-state index in [4.69, 9.17) is 0 Å². The van der Waals surface area contributed by atoms with Gasteiger partial charge in [0.25, 0.3) is 0 Å². The van der Waals surface area contributed by atoms with Crippen molar-refractivity contribution in [2.24, 2.45) is 0 Å². The third kappa shape index (κ3) is 2.63. The van der Waals surface area contributed by atoms with E-state index < -0.39 is 21.5 Å². The molecule has 2 aliphatic heterocycles. The van der Waals surface area contributed by atoms with E-state index in [1.807, 2.05) is 0 Å². The third-order valence-corrected chi connectivity index (χ3v) is 5.08. The van der Waals surface area contributed by atoms with E-state index in [1.165, 1.54) is 0 Å². The van der Waals surface area contributed by atoms with Crippen molar-refractivity contribution < 1.29 is 12.8 Å². The van der Waals surface area contributed by atoms with Gasteiger partial charge in [0.15, 0.2) is 0 Å². The summed E-state index contributed by atoms with van der Waals surface area (Å²) < 4.78 is 36.2. The Morgan fingerprint density at radius 3 is 2.40 bits per heavy atom. The Morgan fingerprint density at radius 1 is 1.27 bits per heavy atom. The molecule has 15 heavy (non-hydrogen) atoms. The van der Waals surface area contributed by atoms with Crippen LogP contribution in [0.15, 0.2) is 0 Å². The first kappa shape index (κ1) is 13.2. The van der Waals surface area contributed by atoms with Gasteiger partial charge >= 0.3 is 0 Å². The lowest BCUT2D eigenvalue weighted by Crippen LogP contribution is -2.59. The summed E-state index contributed by atoms with van der Waals surface area (Å²) >= 11 is 0. The van der Waals surface area contributed by atoms with Crippen molar-refractivity contribution in [1.82, 2.24) is 5.32 Å². The number of halogens is 2. The van der Waals surface area contributed by atoms with Gasteiger partial charge in [-0.3, -0.25) is 0 Å². The average Bonchev–Trinajstić information content (AvgIpc) is 2.15. The second-order valence-electron chi connectivity index (χ2n) is 4.34. The van der Waals surface area contributed by atoms with E-state index in [0.29, 0.717) is 19.3 Å². The molecule has 0 amide bonds. The molecule has 2 fully saturated rings. The van der Waals surface area contributed by atoms with Gasteiger partial charge in [0, 0.05) is 0 Å². The standard InChI is InChI=1S/C9H16FNO2S.ClH/c10-8-2-1-5-11-9(8)3-6-14(12,13)7-4-9;/h8,11H,1-7H2;1H. The van der Waals surface area contributed by atoms with Gasteiger partial charge in [-0.05, 0) is 32.2 Å². The van der Waals surface area contributed by atoms with Crippen LogP contribution in [0.3, 0.4) is 0 Å². The van der Waals surface area contributed by atoms with Crippen LogP contribution in [0.2, 0.25) is 0 Å². The summed E-state index contributed by atoms with van der Waals surface area (Å²) in [6, 6.07) is 0. The zero-order valence-electron chi connectivity index (χ0n) is 8.54. The molecule has 0 aromatic carbocycles. The first-order chi connectivity index (χ1) is 6.54. The normalized spacial score (nSPS) is 33.3. The Morgan fingerprint density at radius 2 is 1.87 bits per heavy atom. The Kier molecular flexibility index (Phi) is 4.01. The molecule has 1 unspecified atom stereocenters.